The van der Waals surface area contributed by atoms with Crippen LogP contribution in [0.25, 0.3) is 0 Å². The lowest BCUT2D eigenvalue weighted by atomic mass is 10.1. The highest BCUT2D eigenvalue weighted by atomic mass is 35.5. The number of ether oxygens (including phenoxy) is 1. The van der Waals surface area contributed by atoms with Crippen molar-refractivity contribution in [2.75, 3.05) is 13.7 Å². The third-order valence-corrected chi connectivity index (χ3v) is 3.80. The molecule has 0 fully saturated rings. The van der Waals surface area contributed by atoms with Crippen molar-refractivity contribution in [3.8, 4) is 5.75 Å². The largest absolute Gasteiger partial charge is 0.492 e. The zero-order valence-corrected chi connectivity index (χ0v) is 13.0. The third kappa shape index (κ3) is 3.89. The zero-order chi connectivity index (χ0) is 14.5. The number of hydrogen-bond acceptors (Lipinski definition) is 2. The Morgan fingerprint density at radius 2 is 1.95 bits per heavy atom. The van der Waals surface area contributed by atoms with Gasteiger partial charge in [0.1, 0.15) is 12.4 Å². The van der Waals surface area contributed by atoms with Crippen molar-refractivity contribution in [1.82, 2.24) is 5.32 Å². The summed E-state index contributed by atoms with van der Waals surface area (Å²) in [5.74, 6) is 0.760. The predicted molar refractivity (Wildman–Crippen MR) is 84.9 cm³/mol. The van der Waals surface area contributed by atoms with Crippen LogP contribution in [0.2, 0.25) is 10.0 Å². The van der Waals surface area contributed by atoms with Gasteiger partial charge in [0.25, 0.3) is 0 Å². The number of nitrogens with one attached hydrogen (secondary N) is 1. The summed E-state index contributed by atoms with van der Waals surface area (Å²) in [4.78, 5) is 0. The molecule has 2 aromatic rings. The SMILES string of the molecule is CNC(COc1cccc(Cl)c1)c1ccc(C)c(Cl)c1. The number of rotatable bonds is 5. The van der Waals surface area contributed by atoms with E-state index in [9.17, 15) is 0 Å². The highest BCUT2D eigenvalue weighted by Crippen LogP contribution is 2.23. The third-order valence-electron chi connectivity index (χ3n) is 3.16. The van der Waals surface area contributed by atoms with Gasteiger partial charge in [-0.25, -0.2) is 0 Å². The van der Waals surface area contributed by atoms with Crippen molar-refractivity contribution in [2.45, 2.75) is 13.0 Å². The lowest BCUT2D eigenvalue weighted by molar-refractivity contribution is 0.273. The highest BCUT2D eigenvalue weighted by molar-refractivity contribution is 6.31. The van der Waals surface area contributed by atoms with Gasteiger partial charge in [-0.3, -0.25) is 0 Å². The van der Waals surface area contributed by atoms with Crippen molar-refractivity contribution in [3.05, 3.63) is 63.6 Å². The number of aryl methyl sites for hydroxylation is 1. The molecule has 0 radical (unpaired) electrons. The molecule has 106 valence electrons. The van der Waals surface area contributed by atoms with Gasteiger partial charge in [-0.05, 0) is 49.4 Å². The Morgan fingerprint density at radius 1 is 1.15 bits per heavy atom. The van der Waals surface area contributed by atoms with Crippen LogP contribution in [0.5, 0.6) is 5.75 Å². The van der Waals surface area contributed by atoms with E-state index in [2.05, 4.69) is 11.4 Å². The van der Waals surface area contributed by atoms with Crippen LogP contribution in [0.3, 0.4) is 0 Å². The summed E-state index contributed by atoms with van der Waals surface area (Å²) in [6, 6.07) is 13.5. The molecule has 0 spiro atoms. The smallest absolute Gasteiger partial charge is 0.120 e. The van der Waals surface area contributed by atoms with Crippen LogP contribution in [0.4, 0.5) is 0 Å². The first-order chi connectivity index (χ1) is 9.60. The zero-order valence-electron chi connectivity index (χ0n) is 11.5. The Hall–Kier alpha value is -1.22. The van der Waals surface area contributed by atoms with Crippen LogP contribution in [0.1, 0.15) is 17.2 Å². The van der Waals surface area contributed by atoms with Crippen LogP contribution >= 0.6 is 23.2 Å². The van der Waals surface area contributed by atoms with Crippen molar-refractivity contribution >= 4 is 23.2 Å². The average molecular weight is 310 g/mol. The van der Waals surface area contributed by atoms with Crippen LogP contribution in [-0.2, 0) is 0 Å². The molecule has 2 rings (SSSR count). The summed E-state index contributed by atoms with van der Waals surface area (Å²) < 4.78 is 5.77. The molecule has 2 nitrogen and oxygen atoms in total. The molecule has 2 aromatic carbocycles. The number of benzene rings is 2. The van der Waals surface area contributed by atoms with Gasteiger partial charge in [-0.2, -0.15) is 0 Å². The molecule has 4 heteroatoms. The highest BCUT2D eigenvalue weighted by Gasteiger charge is 2.11. The average Bonchev–Trinajstić information content (AvgIpc) is 2.43. The van der Waals surface area contributed by atoms with E-state index in [-0.39, 0.29) is 6.04 Å². The van der Waals surface area contributed by atoms with Gasteiger partial charge in [0.2, 0.25) is 0 Å². The second-order valence-corrected chi connectivity index (χ2v) is 5.46. The van der Waals surface area contributed by atoms with E-state index < -0.39 is 0 Å². The van der Waals surface area contributed by atoms with E-state index in [1.54, 1.807) is 6.07 Å². The second-order valence-electron chi connectivity index (χ2n) is 4.62. The number of likely N-dealkylation sites (N-methyl/N-ethyl adjacent to an activating group) is 1. The minimum absolute atomic E-state index is 0.0760. The molecule has 0 aromatic heterocycles. The maximum Gasteiger partial charge on any atom is 0.120 e. The molecule has 0 amide bonds. The molecule has 1 atom stereocenters. The Labute approximate surface area is 129 Å². The standard InChI is InChI=1S/C16H17Cl2NO/c1-11-6-7-12(8-15(11)18)16(19-2)10-20-14-5-3-4-13(17)9-14/h3-9,16,19H,10H2,1-2H3. The Bertz CT molecular complexity index is 586. The fourth-order valence-electron chi connectivity index (χ4n) is 1.91. The van der Waals surface area contributed by atoms with Gasteiger partial charge in [0.05, 0.1) is 6.04 Å². The fourth-order valence-corrected chi connectivity index (χ4v) is 2.28. The molecule has 1 unspecified atom stereocenters. The summed E-state index contributed by atoms with van der Waals surface area (Å²) >= 11 is 12.1. The lowest BCUT2D eigenvalue weighted by Crippen LogP contribution is -2.23. The molecule has 0 heterocycles. The minimum atomic E-state index is 0.0760. The van der Waals surface area contributed by atoms with Gasteiger partial charge in [-0.1, -0.05) is 41.4 Å². The Morgan fingerprint density at radius 3 is 2.60 bits per heavy atom. The van der Waals surface area contributed by atoms with Crippen LogP contribution in [-0.4, -0.2) is 13.7 Å². The molecule has 1 N–H and O–H groups in total. The summed E-state index contributed by atoms with van der Waals surface area (Å²) in [6.07, 6.45) is 0. The normalized spacial score (nSPS) is 12.2. The number of halogens is 2. The Balaban J connectivity index is 2.07. The molecule has 0 bridgehead atoms. The minimum Gasteiger partial charge on any atom is -0.492 e. The summed E-state index contributed by atoms with van der Waals surface area (Å²) in [5.41, 5.74) is 2.17. The van der Waals surface area contributed by atoms with E-state index in [0.717, 1.165) is 21.9 Å². The quantitative estimate of drug-likeness (QED) is 0.868. The first-order valence-corrected chi connectivity index (χ1v) is 7.17. The molecule has 0 saturated heterocycles. The van der Waals surface area contributed by atoms with Gasteiger partial charge in [-0.15, -0.1) is 0 Å². The summed E-state index contributed by atoms with van der Waals surface area (Å²) in [6.45, 7) is 2.50. The second kappa shape index (κ2) is 6.98. The van der Waals surface area contributed by atoms with Gasteiger partial charge in [0.15, 0.2) is 0 Å². The fraction of sp³-hybridized carbons (Fsp3) is 0.250. The molecular formula is C16H17Cl2NO. The van der Waals surface area contributed by atoms with Crippen molar-refractivity contribution in [3.63, 3.8) is 0 Å². The van der Waals surface area contributed by atoms with Gasteiger partial charge >= 0.3 is 0 Å². The van der Waals surface area contributed by atoms with Crippen molar-refractivity contribution < 1.29 is 4.74 Å². The molecule has 0 aliphatic heterocycles. The summed E-state index contributed by atoms with van der Waals surface area (Å²) in [7, 11) is 1.90. The van der Waals surface area contributed by atoms with E-state index >= 15 is 0 Å². The van der Waals surface area contributed by atoms with E-state index in [0.29, 0.717) is 11.6 Å². The number of hydrogen-bond donors (Lipinski definition) is 1. The lowest BCUT2D eigenvalue weighted by Gasteiger charge is -2.18. The maximum absolute atomic E-state index is 6.17. The van der Waals surface area contributed by atoms with Crippen molar-refractivity contribution in [1.29, 1.82) is 0 Å². The molecule has 0 aliphatic rings. The first-order valence-electron chi connectivity index (χ1n) is 6.42. The Kier molecular flexibility index (Phi) is 5.30. The first kappa shape index (κ1) is 15.2. The van der Waals surface area contributed by atoms with E-state index in [4.69, 9.17) is 27.9 Å². The molecule has 0 aliphatic carbocycles. The predicted octanol–water partition coefficient (Wildman–Crippen LogP) is 4.64. The van der Waals surface area contributed by atoms with Gasteiger partial charge in [0, 0.05) is 10.0 Å². The monoisotopic (exact) mass is 309 g/mol. The van der Waals surface area contributed by atoms with Crippen LogP contribution in [0, 0.1) is 6.92 Å². The van der Waals surface area contributed by atoms with Crippen LogP contribution < -0.4 is 10.1 Å². The van der Waals surface area contributed by atoms with Crippen molar-refractivity contribution in [2.24, 2.45) is 0 Å². The maximum atomic E-state index is 6.17. The van der Waals surface area contributed by atoms with Crippen LogP contribution in [0.15, 0.2) is 42.5 Å². The van der Waals surface area contributed by atoms with E-state index in [1.807, 2.05) is 44.3 Å². The van der Waals surface area contributed by atoms with Gasteiger partial charge < -0.3 is 10.1 Å². The van der Waals surface area contributed by atoms with E-state index in [1.165, 1.54) is 0 Å². The molecule has 20 heavy (non-hydrogen) atoms. The summed E-state index contributed by atoms with van der Waals surface area (Å²) in [5, 5.41) is 4.67. The molecular weight excluding hydrogens is 293 g/mol. The topological polar surface area (TPSA) is 21.3 Å². The molecule has 0 saturated carbocycles.